The van der Waals surface area contributed by atoms with Crippen molar-refractivity contribution in [2.45, 2.75) is 89.8 Å². The van der Waals surface area contributed by atoms with Gasteiger partial charge in [-0.15, -0.1) is 6.58 Å². The zero-order valence-electron chi connectivity index (χ0n) is 35.4. The normalized spacial score (nSPS) is 18.1. The van der Waals surface area contributed by atoms with Crippen LogP contribution >= 0.6 is 0 Å². The number of fused-ring (bicyclic) bond motifs is 1. The summed E-state index contributed by atoms with van der Waals surface area (Å²) >= 11 is 0. The molecule has 0 radical (unpaired) electrons. The fraction of sp³-hybridized carbons (Fsp3) is 0.538. The Morgan fingerprint density at radius 1 is 1.00 bits per heavy atom. The van der Waals surface area contributed by atoms with E-state index >= 15 is 0 Å². The number of allylic oxidation sites excluding steroid dienone is 1. The largest absolute Gasteiger partial charge is 0.447 e. The average Bonchev–Trinajstić information content (AvgIpc) is 3.66. The van der Waals surface area contributed by atoms with E-state index in [1.165, 1.54) is 32.0 Å². The second-order valence-electron chi connectivity index (χ2n) is 15.2. The van der Waals surface area contributed by atoms with Crippen LogP contribution in [0.3, 0.4) is 0 Å². The number of nitrogens with zero attached hydrogens (tertiary/aromatic N) is 5. The quantitative estimate of drug-likeness (QED) is 0.0516. The topological polar surface area (TPSA) is 321 Å². The Balaban J connectivity index is 1.24. The van der Waals surface area contributed by atoms with Crippen molar-refractivity contribution in [1.82, 2.24) is 39.5 Å². The highest BCUT2D eigenvalue weighted by Gasteiger charge is 2.46. The zero-order chi connectivity index (χ0) is 45.8. The van der Waals surface area contributed by atoms with E-state index in [0.717, 1.165) is 14.0 Å². The molecule has 1 aliphatic heterocycles. The van der Waals surface area contributed by atoms with Crippen molar-refractivity contribution in [3.8, 4) is 0 Å². The number of unbranched alkanes of at least 4 members (excludes halogenated alkanes) is 1. The molecule has 2 unspecified atom stereocenters. The lowest BCUT2D eigenvalue weighted by Gasteiger charge is -2.25. The summed E-state index contributed by atoms with van der Waals surface area (Å²) in [5.74, 6) is -1.80. The molecular weight excluding hydrogens is 814 g/mol. The van der Waals surface area contributed by atoms with Crippen LogP contribution in [-0.4, -0.2) is 140 Å². The lowest BCUT2D eigenvalue weighted by atomic mass is 10.0. The highest BCUT2D eigenvalue weighted by Crippen LogP contribution is 2.31. The number of aromatic amines is 1. The third-order valence-electron chi connectivity index (χ3n) is 9.97. The molecule has 0 saturated carbocycles. The Labute approximate surface area is 356 Å². The van der Waals surface area contributed by atoms with E-state index in [1.54, 1.807) is 38.1 Å². The first-order valence-corrected chi connectivity index (χ1v) is 19.9. The van der Waals surface area contributed by atoms with Crippen molar-refractivity contribution in [2.75, 3.05) is 51.4 Å². The molecule has 1 fully saturated rings. The SMILES string of the molecule is C=CCn1c(=O)n([C@@H]2OC(COC(=O)N(C)CCN(C)C(=O)OCc3ccc(NC(=O)[C@H](CCCCN)NC(=O)C(NC(C)=O)C(C)C)cc3)[C@@H](O)[C@H]2O)c2nc(N)[nH]c(=O)c21. The van der Waals surface area contributed by atoms with Gasteiger partial charge in [-0.3, -0.25) is 28.7 Å². The Morgan fingerprint density at radius 3 is 2.24 bits per heavy atom. The minimum atomic E-state index is -1.69. The molecule has 2 aromatic heterocycles. The molecule has 1 saturated heterocycles. The van der Waals surface area contributed by atoms with E-state index in [9.17, 15) is 43.8 Å². The van der Waals surface area contributed by atoms with Gasteiger partial charge in [-0.05, 0) is 49.4 Å². The van der Waals surface area contributed by atoms with Gasteiger partial charge in [0.2, 0.25) is 23.7 Å². The summed E-state index contributed by atoms with van der Waals surface area (Å²) in [6, 6.07) is 4.84. The number of aliphatic hydroxyl groups excluding tert-OH is 2. The molecule has 0 spiro atoms. The number of rotatable bonds is 20. The van der Waals surface area contributed by atoms with Gasteiger partial charge in [-0.1, -0.05) is 32.1 Å². The zero-order valence-corrected chi connectivity index (χ0v) is 35.4. The van der Waals surface area contributed by atoms with Gasteiger partial charge >= 0.3 is 17.9 Å². The van der Waals surface area contributed by atoms with Crippen LogP contribution in [0.25, 0.3) is 11.2 Å². The summed E-state index contributed by atoms with van der Waals surface area (Å²) in [7, 11) is 2.88. The Morgan fingerprint density at radius 2 is 1.65 bits per heavy atom. The predicted molar refractivity (Wildman–Crippen MR) is 224 cm³/mol. The first-order chi connectivity index (χ1) is 29.4. The Hall–Kier alpha value is -6.30. The van der Waals surface area contributed by atoms with E-state index in [1.807, 2.05) is 0 Å². The molecule has 62 heavy (non-hydrogen) atoms. The van der Waals surface area contributed by atoms with Crippen molar-refractivity contribution < 1.29 is 48.4 Å². The van der Waals surface area contributed by atoms with Crippen molar-refractivity contribution >= 4 is 52.7 Å². The van der Waals surface area contributed by atoms with Gasteiger partial charge in [0.15, 0.2) is 17.4 Å². The molecule has 340 valence electrons. The number of hydrogen-bond donors (Lipinski definition) is 8. The van der Waals surface area contributed by atoms with E-state index in [2.05, 4.69) is 32.5 Å². The van der Waals surface area contributed by atoms with Crippen LogP contribution in [0.15, 0.2) is 46.5 Å². The van der Waals surface area contributed by atoms with E-state index in [-0.39, 0.29) is 55.2 Å². The number of nitrogen functional groups attached to an aromatic ring is 1. The minimum absolute atomic E-state index is 0.0109. The molecule has 23 nitrogen and oxygen atoms in total. The summed E-state index contributed by atoms with van der Waals surface area (Å²) in [6.07, 6.45) is -4.68. The molecule has 3 heterocycles. The number of aromatic nitrogens is 4. The highest BCUT2D eigenvalue weighted by molar-refractivity contribution is 5.98. The molecule has 10 N–H and O–H groups in total. The first kappa shape index (κ1) is 48.4. The second kappa shape index (κ2) is 22.0. The third kappa shape index (κ3) is 12.2. The monoisotopic (exact) mass is 871 g/mol. The number of likely N-dealkylation sites (N-methyl/N-ethyl adjacent to an activating group) is 2. The molecule has 1 aromatic carbocycles. The Kier molecular flexibility index (Phi) is 17.2. The number of aliphatic hydroxyl groups is 2. The van der Waals surface area contributed by atoms with Crippen molar-refractivity contribution in [3.05, 3.63) is 63.3 Å². The fourth-order valence-corrected chi connectivity index (χ4v) is 6.50. The molecule has 23 heteroatoms. The molecule has 5 amide bonds. The van der Waals surface area contributed by atoms with Gasteiger partial charge in [0, 0.05) is 46.3 Å². The number of hydrogen-bond acceptors (Lipinski definition) is 15. The lowest BCUT2D eigenvalue weighted by Crippen LogP contribution is -2.54. The van der Waals surface area contributed by atoms with Crippen LogP contribution in [-0.2, 0) is 41.7 Å². The minimum Gasteiger partial charge on any atom is -0.447 e. The summed E-state index contributed by atoms with van der Waals surface area (Å²) in [5, 5.41) is 29.7. The molecule has 6 atom stereocenters. The molecular formula is C39H57N11O12. The summed E-state index contributed by atoms with van der Waals surface area (Å²) < 4.78 is 18.4. The van der Waals surface area contributed by atoms with E-state index in [4.69, 9.17) is 25.7 Å². The standard InChI is InChI=1S/C39H57N11O12/c1-7-16-49-28-31(45-36(41)46-34(28)56)50(37(49)57)35-30(53)29(52)26(62-35)20-61-39(59)48(6)18-17-47(5)38(58)60-19-23-11-13-24(14-12-23)43-32(54)25(10-8-9-15-40)44-33(55)27(21(2)3)42-22(4)51/h7,11-14,21,25-27,29-30,35,52-53H,1,8-10,15-20,40H2,2-6H3,(H,42,51)(H,43,54)(H,44,55)(H3,41,45,46,56)/t25-,26?,27?,29+,30+,35+/m0/s1. The molecule has 0 aliphatic carbocycles. The van der Waals surface area contributed by atoms with Crippen LogP contribution in [0.5, 0.6) is 0 Å². The lowest BCUT2D eigenvalue weighted by molar-refractivity contribution is -0.131. The summed E-state index contributed by atoms with van der Waals surface area (Å²) in [6.45, 7) is 8.24. The van der Waals surface area contributed by atoms with Gasteiger partial charge in [-0.2, -0.15) is 4.98 Å². The summed E-state index contributed by atoms with van der Waals surface area (Å²) in [4.78, 5) is 98.2. The van der Waals surface area contributed by atoms with E-state index in [0.29, 0.717) is 37.1 Å². The Bertz CT molecular complexity index is 2190. The van der Waals surface area contributed by atoms with E-state index < -0.39 is 78.5 Å². The number of H-pyrrole nitrogens is 1. The molecule has 3 aromatic rings. The number of ether oxygens (including phenoxy) is 3. The van der Waals surface area contributed by atoms with Gasteiger partial charge in [-0.25, -0.2) is 19.0 Å². The first-order valence-electron chi connectivity index (χ1n) is 19.9. The van der Waals surface area contributed by atoms with Crippen molar-refractivity contribution in [3.63, 3.8) is 0 Å². The average molecular weight is 872 g/mol. The van der Waals surface area contributed by atoms with Crippen LogP contribution in [0.2, 0.25) is 0 Å². The number of benzene rings is 1. The van der Waals surface area contributed by atoms with Crippen LogP contribution < -0.4 is 38.7 Å². The van der Waals surface area contributed by atoms with Gasteiger partial charge in [0.05, 0.1) is 0 Å². The summed E-state index contributed by atoms with van der Waals surface area (Å²) in [5.41, 5.74) is 10.5. The number of nitrogens with one attached hydrogen (secondary N) is 4. The van der Waals surface area contributed by atoms with Gasteiger partial charge in [0.1, 0.15) is 43.6 Å². The fourth-order valence-electron chi connectivity index (χ4n) is 6.50. The van der Waals surface area contributed by atoms with Crippen LogP contribution in [0.4, 0.5) is 21.2 Å². The maximum absolute atomic E-state index is 13.3. The number of nitrogens with two attached hydrogens (primary N) is 2. The van der Waals surface area contributed by atoms with Gasteiger partial charge in [0.25, 0.3) is 5.56 Å². The second-order valence-corrected chi connectivity index (χ2v) is 15.2. The predicted octanol–water partition coefficient (Wildman–Crippen LogP) is -0.676. The maximum atomic E-state index is 13.3. The molecule has 4 rings (SSSR count). The number of carbonyl (C=O) groups is 5. The number of anilines is 2. The number of carbonyl (C=O) groups excluding carboxylic acids is 5. The smallest absolute Gasteiger partial charge is 0.409 e. The van der Waals surface area contributed by atoms with Crippen LogP contribution in [0, 0.1) is 5.92 Å². The number of imidazole rings is 1. The third-order valence-corrected chi connectivity index (χ3v) is 9.97. The molecule has 1 aliphatic rings. The molecule has 0 bridgehead atoms. The van der Waals surface area contributed by atoms with Crippen LogP contribution in [0.1, 0.15) is 51.8 Å². The maximum Gasteiger partial charge on any atom is 0.409 e. The van der Waals surface area contributed by atoms with Crippen molar-refractivity contribution in [2.24, 2.45) is 11.7 Å². The van der Waals surface area contributed by atoms with Gasteiger partial charge < -0.3 is 61.6 Å². The number of amides is 5. The highest BCUT2D eigenvalue weighted by atomic mass is 16.6. The van der Waals surface area contributed by atoms with Crippen molar-refractivity contribution in [1.29, 1.82) is 0 Å².